The highest BCUT2D eigenvalue weighted by Crippen LogP contribution is 2.43. The molecule has 0 aliphatic rings. The molecule has 12 atom stereocenters. The van der Waals surface area contributed by atoms with Crippen molar-refractivity contribution in [3.05, 3.63) is 24.5 Å². The number of benzene rings is 1. The summed E-state index contributed by atoms with van der Waals surface area (Å²) in [6.07, 6.45) is -25.2. The van der Waals surface area contributed by atoms with E-state index in [4.69, 9.17) is 21.1 Å². The molecule has 0 spiro atoms. The van der Waals surface area contributed by atoms with E-state index in [1.165, 1.54) is 0 Å². The molecule has 22 nitrogen and oxygen atoms in total. The Labute approximate surface area is 332 Å². The van der Waals surface area contributed by atoms with Gasteiger partial charge in [0.1, 0.15) is 73.2 Å². The van der Waals surface area contributed by atoms with E-state index in [-0.39, 0.29) is 14.6 Å². The van der Waals surface area contributed by atoms with Gasteiger partial charge in [0.25, 0.3) is 11.8 Å². The molecule has 1 aromatic rings. The Balaban J connectivity index is 3.92. The molecule has 0 aromatic heterocycles. The number of aliphatic hydroxyl groups excluding tert-OH is 15. The van der Waals surface area contributed by atoms with E-state index in [0.29, 0.717) is 4.90 Å². The van der Waals surface area contributed by atoms with Gasteiger partial charge in [-0.1, -0.05) is 0 Å². The predicted molar refractivity (Wildman–Crippen MR) is 193 cm³/mol. The van der Waals surface area contributed by atoms with Crippen molar-refractivity contribution in [2.75, 3.05) is 58.4 Å². The van der Waals surface area contributed by atoms with Crippen LogP contribution in [0.15, 0.2) is 13.4 Å². The topological polar surface area (TPSA) is 399 Å². The molecular weight excluding hydrogens is 932 g/mol. The fraction of sp³-hybridized carbons (Fsp3) is 0.690. The lowest BCUT2D eigenvalue weighted by atomic mass is 10.00. The van der Waals surface area contributed by atoms with E-state index in [1.54, 1.807) is 0 Å². The highest BCUT2D eigenvalue weighted by atomic mass is 79.9. The Morgan fingerprint density at radius 1 is 0.556 bits per heavy atom. The molecule has 1 aromatic carbocycles. The number of nitrogens with one attached hydrogen (secondary N) is 1. The first kappa shape index (κ1) is 50.4. The summed E-state index contributed by atoms with van der Waals surface area (Å²) < 4.78 is -0.923. The maximum atomic E-state index is 14.4. The standard InChI is InChI=1S/C29H47Br3N4O18/c1-35(3-9(40)22(47)25(50)12(43)6-37)28(53)16-18(30)17(20(32)21(19(16)31)34-15(46)2-33)29(54)36(4-10(41)23(48)26(51)13(44)7-38)5-11(42)24(49)27(52)14(45)8-39/h9-14,22-27,37-45,47-52H,2-8,33H2,1H3,(H,34,46). The van der Waals surface area contributed by atoms with Crippen molar-refractivity contribution in [2.45, 2.75) is 73.2 Å². The number of amides is 3. The lowest BCUT2D eigenvalue weighted by molar-refractivity contribution is -0.127. The molecule has 1 rings (SSSR count). The minimum atomic E-state index is -2.27. The average molecular weight is 979 g/mol. The highest BCUT2D eigenvalue weighted by molar-refractivity contribution is 9.11. The summed E-state index contributed by atoms with van der Waals surface area (Å²) in [5, 5.41) is 152. The zero-order valence-corrected chi connectivity index (χ0v) is 33.2. The second kappa shape index (κ2) is 23.0. The van der Waals surface area contributed by atoms with Gasteiger partial charge in [-0.3, -0.25) is 14.4 Å². The molecule has 312 valence electrons. The van der Waals surface area contributed by atoms with Gasteiger partial charge in [0.15, 0.2) is 0 Å². The normalized spacial score (nSPS) is 18.6. The number of halogens is 3. The van der Waals surface area contributed by atoms with Crippen LogP contribution in [0.4, 0.5) is 5.69 Å². The molecule has 0 aliphatic carbocycles. The molecule has 54 heavy (non-hydrogen) atoms. The molecule has 0 bridgehead atoms. The monoisotopic (exact) mass is 976 g/mol. The number of likely N-dealkylation sites (N-methyl/N-ethyl adjacent to an activating group) is 1. The van der Waals surface area contributed by atoms with Crippen LogP contribution < -0.4 is 11.1 Å². The van der Waals surface area contributed by atoms with Gasteiger partial charge in [0.05, 0.1) is 52.1 Å². The third-order valence-electron chi connectivity index (χ3n) is 8.08. The number of aliphatic hydroxyl groups is 15. The number of anilines is 1. The van der Waals surface area contributed by atoms with E-state index >= 15 is 0 Å². The quantitative estimate of drug-likeness (QED) is 0.0513. The van der Waals surface area contributed by atoms with E-state index in [0.717, 1.165) is 11.9 Å². The van der Waals surface area contributed by atoms with Gasteiger partial charge in [0, 0.05) is 31.2 Å². The molecule has 12 unspecified atom stereocenters. The van der Waals surface area contributed by atoms with Gasteiger partial charge < -0.3 is 97.4 Å². The van der Waals surface area contributed by atoms with E-state index in [9.17, 15) is 75.7 Å². The molecule has 25 heteroatoms. The van der Waals surface area contributed by atoms with Crippen LogP contribution in [0.1, 0.15) is 20.7 Å². The summed E-state index contributed by atoms with van der Waals surface area (Å²) in [6, 6.07) is 0. The summed E-state index contributed by atoms with van der Waals surface area (Å²) in [5.74, 6) is -3.20. The highest BCUT2D eigenvalue weighted by Gasteiger charge is 2.39. The lowest BCUT2D eigenvalue weighted by Crippen LogP contribution is -2.54. The van der Waals surface area contributed by atoms with Crippen molar-refractivity contribution in [3.63, 3.8) is 0 Å². The number of hydrogen-bond donors (Lipinski definition) is 17. The number of nitrogens with two attached hydrogens (primary N) is 1. The molecule has 0 fully saturated rings. The van der Waals surface area contributed by atoms with Crippen molar-refractivity contribution in [2.24, 2.45) is 5.73 Å². The zero-order valence-electron chi connectivity index (χ0n) is 28.4. The lowest BCUT2D eigenvalue weighted by Gasteiger charge is -2.34. The Bertz CT molecular complexity index is 1370. The third-order valence-corrected chi connectivity index (χ3v) is 10.5. The first-order valence-corrected chi connectivity index (χ1v) is 18.2. The van der Waals surface area contributed by atoms with E-state index in [1.807, 2.05) is 0 Å². The molecule has 18 N–H and O–H groups in total. The molecule has 0 heterocycles. The first-order valence-electron chi connectivity index (χ1n) is 15.8. The van der Waals surface area contributed by atoms with Crippen LogP contribution in [0, 0.1) is 0 Å². The second-order valence-electron chi connectivity index (χ2n) is 12.1. The van der Waals surface area contributed by atoms with Crippen LogP contribution in [-0.2, 0) is 4.79 Å². The smallest absolute Gasteiger partial charge is 0.256 e. The molecule has 0 saturated carbocycles. The van der Waals surface area contributed by atoms with Gasteiger partial charge in [-0.2, -0.15) is 0 Å². The Morgan fingerprint density at radius 3 is 1.20 bits per heavy atom. The first-order chi connectivity index (χ1) is 25.0. The van der Waals surface area contributed by atoms with Gasteiger partial charge in [-0.15, -0.1) is 0 Å². The summed E-state index contributed by atoms with van der Waals surface area (Å²) in [5.41, 5.74) is 4.06. The fourth-order valence-electron chi connectivity index (χ4n) is 4.76. The number of carbonyl (C=O) groups excluding carboxylic acids is 3. The van der Waals surface area contributed by atoms with Gasteiger partial charge in [-0.05, 0) is 47.8 Å². The average Bonchev–Trinajstić information content (AvgIpc) is 3.15. The maximum absolute atomic E-state index is 14.4. The van der Waals surface area contributed by atoms with Crippen LogP contribution in [0.3, 0.4) is 0 Å². The molecule has 3 amide bonds. The molecular formula is C29H47Br3N4O18. The predicted octanol–water partition coefficient (Wildman–Crippen LogP) is -7.31. The third kappa shape index (κ3) is 12.7. The zero-order chi connectivity index (χ0) is 41.9. The van der Waals surface area contributed by atoms with E-state index < -0.39 is 153 Å². The summed E-state index contributed by atoms with van der Waals surface area (Å²) in [6.45, 7) is -6.59. The van der Waals surface area contributed by atoms with E-state index in [2.05, 4.69) is 53.1 Å². The Hall–Kier alpha value is -1.57. The SMILES string of the molecule is CN(CC(O)C(O)C(O)C(O)CO)C(=O)c1c(Br)c(NC(=O)CN)c(Br)c(C(=O)N(CC(O)C(O)C(O)C(O)CO)CC(O)C(O)C(O)C(O)CO)c1Br. The summed E-state index contributed by atoms with van der Waals surface area (Å²) in [4.78, 5) is 42.0. The summed E-state index contributed by atoms with van der Waals surface area (Å²) >= 11 is 9.49. The van der Waals surface area contributed by atoms with Crippen molar-refractivity contribution >= 4 is 71.2 Å². The van der Waals surface area contributed by atoms with Crippen molar-refractivity contribution < 1.29 is 91.0 Å². The van der Waals surface area contributed by atoms with Crippen molar-refractivity contribution in [1.29, 1.82) is 0 Å². The van der Waals surface area contributed by atoms with Crippen LogP contribution >= 0.6 is 47.8 Å². The largest absolute Gasteiger partial charge is 0.394 e. The maximum Gasteiger partial charge on any atom is 0.256 e. The number of hydrogen-bond acceptors (Lipinski definition) is 19. The minimum Gasteiger partial charge on any atom is -0.394 e. The molecule has 0 aliphatic heterocycles. The van der Waals surface area contributed by atoms with Crippen LogP contribution in [-0.4, -0.2) is 230 Å². The van der Waals surface area contributed by atoms with Crippen LogP contribution in [0.2, 0.25) is 0 Å². The fourth-order valence-corrected chi connectivity index (χ4v) is 7.62. The van der Waals surface area contributed by atoms with Crippen LogP contribution in [0.5, 0.6) is 0 Å². The number of rotatable bonds is 22. The van der Waals surface area contributed by atoms with Crippen molar-refractivity contribution in [1.82, 2.24) is 9.80 Å². The Kier molecular flexibility index (Phi) is 21.5. The number of carbonyl (C=O) groups is 3. The Morgan fingerprint density at radius 2 is 0.870 bits per heavy atom. The number of nitrogens with zero attached hydrogens (tertiary/aromatic N) is 2. The summed E-state index contributed by atoms with van der Waals surface area (Å²) in [7, 11) is 1.10. The minimum absolute atomic E-state index is 0.220. The van der Waals surface area contributed by atoms with Crippen LogP contribution in [0.25, 0.3) is 0 Å². The second-order valence-corrected chi connectivity index (χ2v) is 14.5. The van der Waals surface area contributed by atoms with Gasteiger partial charge in [-0.25, -0.2) is 0 Å². The molecule has 0 radical (unpaired) electrons. The van der Waals surface area contributed by atoms with Gasteiger partial charge in [0.2, 0.25) is 5.91 Å². The van der Waals surface area contributed by atoms with Gasteiger partial charge >= 0.3 is 0 Å². The molecule has 0 saturated heterocycles. The van der Waals surface area contributed by atoms with Crippen molar-refractivity contribution in [3.8, 4) is 0 Å².